The second-order valence-electron chi connectivity index (χ2n) is 5.71. The molecule has 2 aromatic carbocycles. The fourth-order valence-electron chi connectivity index (χ4n) is 2.44. The van der Waals surface area contributed by atoms with Gasteiger partial charge in [0.05, 0.1) is 5.56 Å². The van der Waals surface area contributed by atoms with Crippen LogP contribution in [0.2, 0.25) is 0 Å². The lowest BCUT2D eigenvalue weighted by molar-refractivity contribution is -0.123. The largest absolute Gasteiger partial charge is 0.486 e. The Labute approximate surface area is 145 Å². The van der Waals surface area contributed by atoms with Crippen LogP contribution in [0.5, 0.6) is 11.5 Å². The lowest BCUT2D eigenvalue weighted by Crippen LogP contribution is -2.30. The zero-order valence-corrected chi connectivity index (χ0v) is 14.1. The first kappa shape index (κ1) is 16.8. The van der Waals surface area contributed by atoms with Gasteiger partial charge in [0.1, 0.15) is 13.2 Å². The van der Waals surface area contributed by atoms with Gasteiger partial charge in [0, 0.05) is 11.8 Å². The number of fused-ring (bicyclic) bond motifs is 1. The predicted molar refractivity (Wildman–Crippen MR) is 92.1 cm³/mol. The highest BCUT2D eigenvalue weighted by atomic mass is 16.6. The maximum absolute atomic E-state index is 12.3. The van der Waals surface area contributed by atoms with Crippen molar-refractivity contribution < 1.29 is 23.8 Å². The lowest BCUT2D eigenvalue weighted by atomic mass is 10.1. The van der Waals surface area contributed by atoms with E-state index in [1.54, 1.807) is 30.3 Å². The molecule has 2 aromatic rings. The summed E-state index contributed by atoms with van der Waals surface area (Å²) >= 11 is 0. The maximum atomic E-state index is 12.3. The Morgan fingerprint density at radius 1 is 1.08 bits per heavy atom. The van der Waals surface area contributed by atoms with Crippen LogP contribution in [-0.4, -0.2) is 31.2 Å². The average Bonchev–Trinajstić information content (AvgIpc) is 2.61. The summed E-state index contributed by atoms with van der Waals surface area (Å²) < 4.78 is 16.2. The third-order valence-electron chi connectivity index (χ3n) is 3.83. The molecule has 1 unspecified atom stereocenters. The van der Waals surface area contributed by atoms with Crippen molar-refractivity contribution in [3.63, 3.8) is 0 Å². The van der Waals surface area contributed by atoms with Gasteiger partial charge >= 0.3 is 5.97 Å². The molecule has 3 rings (SSSR count). The lowest BCUT2D eigenvalue weighted by Gasteiger charge is -2.19. The van der Waals surface area contributed by atoms with E-state index in [0.29, 0.717) is 36.0 Å². The van der Waals surface area contributed by atoms with Gasteiger partial charge < -0.3 is 19.5 Å². The summed E-state index contributed by atoms with van der Waals surface area (Å²) in [5.74, 6) is 0.276. The third kappa shape index (κ3) is 3.91. The van der Waals surface area contributed by atoms with Crippen molar-refractivity contribution in [3.05, 3.63) is 53.6 Å². The first-order valence-electron chi connectivity index (χ1n) is 8.02. The number of amides is 1. The smallest absolute Gasteiger partial charge is 0.339 e. The Morgan fingerprint density at radius 2 is 1.80 bits per heavy atom. The number of benzene rings is 2. The van der Waals surface area contributed by atoms with Gasteiger partial charge in [-0.1, -0.05) is 18.2 Å². The number of hydrogen-bond donors (Lipinski definition) is 1. The molecule has 1 N–H and O–H groups in total. The first-order valence-corrected chi connectivity index (χ1v) is 8.02. The number of carbonyl (C=O) groups excluding carboxylic acids is 2. The molecule has 0 fully saturated rings. The molecule has 1 amide bonds. The van der Waals surface area contributed by atoms with Crippen molar-refractivity contribution in [2.24, 2.45) is 0 Å². The molecule has 1 aliphatic heterocycles. The number of nitrogens with one attached hydrogen (secondary N) is 1. The molecule has 25 heavy (non-hydrogen) atoms. The van der Waals surface area contributed by atoms with E-state index in [2.05, 4.69) is 5.32 Å². The molecule has 0 saturated carbocycles. The zero-order chi connectivity index (χ0) is 17.8. The van der Waals surface area contributed by atoms with Gasteiger partial charge in [0.15, 0.2) is 17.6 Å². The molecule has 130 valence electrons. The summed E-state index contributed by atoms with van der Waals surface area (Å²) in [5, 5.41) is 2.71. The van der Waals surface area contributed by atoms with Crippen LogP contribution < -0.4 is 14.8 Å². The third-order valence-corrected chi connectivity index (χ3v) is 3.83. The van der Waals surface area contributed by atoms with E-state index in [4.69, 9.17) is 14.2 Å². The molecule has 1 heterocycles. The van der Waals surface area contributed by atoms with Gasteiger partial charge in [0.25, 0.3) is 5.91 Å². The molecule has 1 aliphatic rings. The van der Waals surface area contributed by atoms with Crippen LogP contribution in [0, 0.1) is 6.92 Å². The van der Waals surface area contributed by atoms with E-state index in [0.717, 1.165) is 5.56 Å². The van der Waals surface area contributed by atoms with Crippen LogP contribution in [-0.2, 0) is 9.53 Å². The number of esters is 1. The Balaban J connectivity index is 1.63. The fourth-order valence-corrected chi connectivity index (χ4v) is 2.44. The standard InChI is InChI=1S/C19H19NO5/c1-12-5-3-4-6-15(12)19(22)25-13(2)18(21)20-14-7-8-16-17(11-14)24-10-9-23-16/h3-8,11,13H,9-10H2,1-2H3,(H,20,21). The number of ether oxygens (including phenoxy) is 3. The topological polar surface area (TPSA) is 73.9 Å². The van der Waals surface area contributed by atoms with Gasteiger partial charge in [-0.2, -0.15) is 0 Å². The summed E-state index contributed by atoms with van der Waals surface area (Å²) in [4.78, 5) is 24.5. The van der Waals surface area contributed by atoms with E-state index < -0.39 is 18.0 Å². The Bertz CT molecular complexity index is 802. The minimum Gasteiger partial charge on any atom is -0.486 e. The van der Waals surface area contributed by atoms with Crippen molar-refractivity contribution in [1.29, 1.82) is 0 Å². The van der Waals surface area contributed by atoms with Crippen LogP contribution >= 0.6 is 0 Å². The highest BCUT2D eigenvalue weighted by molar-refractivity contribution is 5.98. The normalized spacial score (nSPS) is 13.7. The zero-order valence-electron chi connectivity index (χ0n) is 14.1. The molecule has 0 saturated heterocycles. The van der Waals surface area contributed by atoms with E-state index in [1.165, 1.54) is 6.92 Å². The Kier molecular flexibility index (Phi) is 4.88. The summed E-state index contributed by atoms with van der Waals surface area (Å²) in [6, 6.07) is 12.2. The van der Waals surface area contributed by atoms with Gasteiger partial charge in [-0.05, 0) is 37.6 Å². The average molecular weight is 341 g/mol. The number of hydrogen-bond acceptors (Lipinski definition) is 5. The predicted octanol–water partition coefficient (Wildman–Crippen LogP) is 2.95. The second-order valence-corrected chi connectivity index (χ2v) is 5.71. The molecule has 6 nitrogen and oxygen atoms in total. The molecule has 0 aromatic heterocycles. The van der Waals surface area contributed by atoms with Crippen molar-refractivity contribution in [3.8, 4) is 11.5 Å². The molecule has 0 spiro atoms. The van der Waals surface area contributed by atoms with Crippen LogP contribution in [0.3, 0.4) is 0 Å². The highest BCUT2D eigenvalue weighted by Gasteiger charge is 2.21. The molecule has 6 heteroatoms. The molecular formula is C19H19NO5. The monoisotopic (exact) mass is 341 g/mol. The summed E-state index contributed by atoms with van der Waals surface area (Å²) in [6.07, 6.45) is -0.930. The van der Waals surface area contributed by atoms with Gasteiger partial charge in [-0.3, -0.25) is 4.79 Å². The molecular weight excluding hydrogens is 322 g/mol. The van der Waals surface area contributed by atoms with E-state index in [1.807, 2.05) is 19.1 Å². The van der Waals surface area contributed by atoms with Crippen LogP contribution in [0.25, 0.3) is 0 Å². The number of aryl methyl sites for hydroxylation is 1. The van der Waals surface area contributed by atoms with Gasteiger partial charge in [-0.15, -0.1) is 0 Å². The van der Waals surface area contributed by atoms with Crippen molar-refractivity contribution in [1.82, 2.24) is 0 Å². The number of carbonyl (C=O) groups is 2. The molecule has 0 aliphatic carbocycles. The minimum atomic E-state index is -0.930. The van der Waals surface area contributed by atoms with Crippen molar-refractivity contribution in [2.45, 2.75) is 20.0 Å². The summed E-state index contributed by atoms with van der Waals surface area (Å²) in [6.45, 7) is 4.32. The quantitative estimate of drug-likeness (QED) is 0.866. The SMILES string of the molecule is Cc1ccccc1C(=O)OC(C)C(=O)Nc1ccc2c(c1)OCCO2. The summed E-state index contributed by atoms with van der Waals surface area (Å²) in [7, 11) is 0. The first-order chi connectivity index (χ1) is 12.0. The number of anilines is 1. The van der Waals surface area contributed by atoms with E-state index >= 15 is 0 Å². The van der Waals surface area contributed by atoms with Gasteiger partial charge in [-0.25, -0.2) is 4.79 Å². The Hall–Kier alpha value is -3.02. The minimum absolute atomic E-state index is 0.418. The van der Waals surface area contributed by atoms with Gasteiger partial charge in [0.2, 0.25) is 0 Å². The van der Waals surface area contributed by atoms with E-state index in [-0.39, 0.29) is 0 Å². The highest BCUT2D eigenvalue weighted by Crippen LogP contribution is 2.32. The number of rotatable bonds is 4. The van der Waals surface area contributed by atoms with E-state index in [9.17, 15) is 9.59 Å². The van der Waals surface area contributed by atoms with Crippen LogP contribution in [0.4, 0.5) is 5.69 Å². The maximum Gasteiger partial charge on any atom is 0.339 e. The fraction of sp³-hybridized carbons (Fsp3) is 0.263. The Morgan fingerprint density at radius 3 is 2.56 bits per heavy atom. The molecule has 0 radical (unpaired) electrons. The van der Waals surface area contributed by atoms with Crippen LogP contribution in [0.15, 0.2) is 42.5 Å². The molecule has 0 bridgehead atoms. The van der Waals surface area contributed by atoms with Crippen molar-refractivity contribution in [2.75, 3.05) is 18.5 Å². The van der Waals surface area contributed by atoms with Crippen LogP contribution in [0.1, 0.15) is 22.8 Å². The summed E-state index contributed by atoms with van der Waals surface area (Å²) in [5.41, 5.74) is 1.79. The van der Waals surface area contributed by atoms with Crippen molar-refractivity contribution >= 4 is 17.6 Å². The molecule has 1 atom stereocenters. The second kappa shape index (κ2) is 7.25.